The van der Waals surface area contributed by atoms with Crippen LogP contribution in [0.4, 0.5) is 0 Å². The molecule has 1 aromatic heterocycles. The van der Waals surface area contributed by atoms with Crippen molar-refractivity contribution in [3.63, 3.8) is 0 Å². The van der Waals surface area contributed by atoms with Crippen molar-refractivity contribution in [1.82, 2.24) is 5.32 Å². The lowest BCUT2D eigenvalue weighted by Crippen LogP contribution is -2.35. The Morgan fingerprint density at radius 2 is 2.00 bits per heavy atom. The van der Waals surface area contributed by atoms with Crippen LogP contribution in [-0.2, 0) is 13.0 Å². The monoisotopic (exact) mass is 325 g/mol. The van der Waals surface area contributed by atoms with Gasteiger partial charge < -0.3 is 5.32 Å². The smallest absolute Gasteiger partial charge is 0.0491 e. The van der Waals surface area contributed by atoms with Crippen molar-refractivity contribution in [2.75, 3.05) is 0 Å². The largest absolute Gasteiger partial charge is 0.307 e. The highest BCUT2D eigenvalue weighted by Crippen LogP contribution is 2.36. The van der Waals surface area contributed by atoms with Crippen LogP contribution in [0, 0.1) is 0 Å². The molecule has 0 aliphatic heterocycles. The maximum Gasteiger partial charge on any atom is 0.0491 e. The lowest BCUT2D eigenvalue weighted by Gasteiger charge is -2.20. The van der Waals surface area contributed by atoms with E-state index in [0.717, 1.165) is 13.0 Å². The first-order chi connectivity index (χ1) is 8.42. The maximum atomic E-state index is 3.65. The first-order valence-corrected chi connectivity index (χ1v) is 7.97. The molecule has 1 N–H and O–H groups in total. The summed E-state index contributed by atoms with van der Waals surface area (Å²) in [6.07, 6.45) is 1.09. The topological polar surface area (TPSA) is 12.0 Å². The third-order valence-corrected chi connectivity index (χ3v) is 5.19. The van der Waals surface area contributed by atoms with Crippen molar-refractivity contribution >= 4 is 37.4 Å². The molecule has 1 nitrogen and oxygen atoms in total. The number of aryl methyl sites for hydroxylation is 1. The van der Waals surface area contributed by atoms with E-state index in [-0.39, 0.29) is 5.54 Å². The highest BCUT2D eigenvalue weighted by Gasteiger charge is 2.15. The molecule has 0 saturated carbocycles. The van der Waals surface area contributed by atoms with Gasteiger partial charge in [0.25, 0.3) is 0 Å². The Labute approximate surface area is 122 Å². The molecule has 2 aromatic rings. The second-order valence-corrected chi connectivity index (χ2v) is 7.54. The minimum absolute atomic E-state index is 0.165. The molecule has 0 unspecified atom stereocenters. The Kier molecular flexibility index (Phi) is 4.15. The number of nitrogens with one attached hydrogen (secondary N) is 1. The summed E-state index contributed by atoms with van der Waals surface area (Å²) in [6, 6.07) is 6.48. The van der Waals surface area contributed by atoms with Crippen LogP contribution in [0.2, 0.25) is 0 Å². The first-order valence-electron chi connectivity index (χ1n) is 6.36. The van der Waals surface area contributed by atoms with E-state index in [1.165, 1.54) is 25.0 Å². The van der Waals surface area contributed by atoms with E-state index < -0.39 is 0 Å². The van der Waals surface area contributed by atoms with Crippen LogP contribution in [-0.4, -0.2) is 5.54 Å². The summed E-state index contributed by atoms with van der Waals surface area (Å²) >= 11 is 5.56. The van der Waals surface area contributed by atoms with Gasteiger partial charge in [-0.05, 0) is 60.1 Å². The predicted molar refractivity (Wildman–Crippen MR) is 85.5 cm³/mol. The summed E-state index contributed by atoms with van der Waals surface area (Å²) in [5.41, 5.74) is 1.66. The molecule has 0 fully saturated rings. The number of hydrogen-bond donors (Lipinski definition) is 1. The Morgan fingerprint density at radius 1 is 1.28 bits per heavy atom. The molecule has 0 spiro atoms. The fourth-order valence-corrected chi connectivity index (χ4v) is 3.91. The maximum absolute atomic E-state index is 3.65. The lowest BCUT2D eigenvalue weighted by molar-refractivity contribution is 0.426. The molecule has 0 aliphatic carbocycles. The summed E-state index contributed by atoms with van der Waals surface area (Å²) in [4.78, 5) is 1.47. The van der Waals surface area contributed by atoms with Gasteiger partial charge in [0.15, 0.2) is 0 Å². The van der Waals surface area contributed by atoms with Crippen molar-refractivity contribution in [1.29, 1.82) is 0 Å². The van der Waals surface area contributed by atoms with Crippen molar-refractivity contribution in [2.24, 2.45) is 0 Å². The highest BCUT2D eigenvalue weighted by atomic mass is 79.9. The zero-order valence-electron chi connectivity index (χ0n) is 11.4. The van der Waals surface area contributed by atoms with Crippen LogP contribution in [0.3, 0.4) is 0 Å². The summed E-state index contributed by atoms with van der Waals surface area (Å²) in [7, 11) is 0. The predicted octanol–water partition coefficient (Wildman–Crippen LogP) is 5.11. The fraction of sp³-hybridized carbons (Fsp3) is 0.467. The molecular weight excluding hydrogens is 306 g/mol. The zero-order chi connectivity index (χ0) is 13.3. The number of benzene rings is 1. The van der Waals surface area contributed by atoms with Gasteiger partial charge in [0, 0.05) is 26.1 Å². The third-order valence-electron chi connectivity index (χ3n) is 2.99. The van der Waals surface area contributed by atoms with Gasteiger partial charge in [0.05, 0.1) is 0 Å². The molecule has 0 aliphatic rings. The number of hydrogen-bond acceptors (Lipinski definition) is 2. The van der Waals surface area contributed by atoms with Gasteiger partial charge in [-0.3, -0.25) is 0 Å². The number of rotatable bonds is 3. The van der Waals surface area contributed by atoms with E-state index in [1.54, 1.807) is 0 Å². The second-order valence-electron chi connectivity index (χ2n) is 5.58. The van der Waals surface area contributed by atoms with Crippen LogP contribution in [0.5, 0.6) is 0 Å². The zero-order valence-corrected chi connectivity index (χ0v) is 13.8. The number of fused-ring (bicyclic) bond motifs is 1. The molecule has 18 heavy (non-hydrogen) atoms. The molecule has 2 rings (SSSR count). The Hall–Kier alpha value is -0.380. The third kappa shape index (κ3) is 2.95. The van der Waals surface area contributed by atoms with Crippen LogP contribution in [0.15, 0.2) is 22.7 Å². The summed E-state index contributed by atoms with van der Waals surface area (Å²) in [5.74, 6) is 0. The summed E-state index contributed by atoms with van der Waals surface area (Å²) in [5, 5.41) is 4.99. The van der Waals surface area contributed by atoms with E-state index in [2.05, 4.69) is 67.1 Å². The van der Waals surface area contributed by atoms with Gasteiger partial charge in [-0.15, -0.1) is 11.3 Å². The van der Waals surface area contributed by atoms with Gasteiger partial charge in [0.2, 0.25) is 0 Å². The van der Waals surface area contributed by atoms with Crippen molar-refractivity contribution in [3.05, 3.63) is 33.1 Å². The van der Waals surface area contributed by atoms with Gasteiger partial charge in [-0.1, -0.05) is 19.1 Å². The van der Waals surface area contributed by atoms with Crippen molar-refractivity contribution in [3.8, 4) is 0 Å². The number of thiophene rings is 1. The van der Waals surface area contributed by atoms with Gasteiger partial charge in [-0.2, -0.15) is 0 Å². The quantitative estimate of drug-likeness (QED) is 0.826. The Morgan fingerprint density at radius 3 is 2.61 bits per heavy atom. The molecule has 98 valence electrons. The Balaban J connectivity index is 2.41. The van der Waals surface area contributed by atoms with Crippen molar-refractivity contribution in [2.45, 2.75) is 46.2 Å². The molecule has 0 bridgehead atoms. The van der Waals surface area contributed by atoms with Crippen molar-refractivity contribution < 1.29 is 0 Å². The van der Waals surface area contributed by atoms with Crippen LogP contribution in [0.1, 0.15) is 38.1 Å². The normalized spacial score (nSPS) is 12.3. The molecule has 0 amide bonds. The molecule has 0 radical (unpaired) electrons. The molecular formula is C15H20BrNS. The number of halogens is 1. The van der Waals surface area contributed by atoms with E-state index in [1.807, 2.05) is 11.3 Å². The Bertz CT molecular complexity index is 551. The van der Waals surface area contributed by atoms with Gasteiger partial charge in [-0.25, -0.2) is 0 Å². The molecule has 1 heterocycles. The second kappa shape index (κ2) is 5.32. The van der Waals surface area contributed by atoms with Gasteiger partial charge in [0.1, 0.15) is 0 Å². The summed E-state index contributed by atoms with van der Waals surface area (Å²) < 4.78 is 2.58. The van der Waals surface area contributed by atoms with Gasteiger partial charge >= 0.3 is 0 Å². The minimum Gasteiger partial charge on any atom is -0.307 e. The van der Waals surface area contributed by atoms with Crippen LogP contribution >= 0.6 is 27.3 Å². The van der Waals surface area contributed by atoms with Crippen LogP contribution in [0.25, 0.3) is 10.1 Å². The average molecular weight is 326 g/mol. The van der Waals surface area contributed by atoms with E-state index in [4.69, 9.17) is 0 Å². The standard InChI is InChI=1S/C15H20BrNS/c1-5-10-11-7-6-8-12(16)14(11)18-13(10)9-17-15(2,3)4/h6-8,17H,5,9H2,1-4H3. The lowest BCUT2D eigenvalue weighted by atomic mass is 10.1. The average Bonchev–Trinajstić information content (AvgIpc) is 2.64. The molecule has 0 atom stereocenters. The highest BCUT2D eigenvalue weighted by molar-refractivity contribution is 9.10. The molecule has 3 heteroatoms. The minimum atomic E-state index is 0.165. The SMILES string of the molecule is CCc1c(CNC(C)(C)C)sc2c(Br)cccc12. The van der Waals surface area contributed by atoms with E-state index in [0.29, 0.717) is 0 Å². The van der Waals surface area contributed by atoms with E-state index in [9.17, 15) is 0 Å². The first kappa shape index (κ1) is 14.0. The summed E-state index contributed by atoms with van der Waals surface area (Å²) in [6.45, 7) is 9.83. The molecule has 1 aromatic carbocycles. The van der Waals surface area contributed by atoms with E-state index >= 15 is 0 Å². The fourth-order valence-electron chi connectivity index (χ4n) is 2.06. The van der Waals surface area contributed by atoms with Crippen LogP contribution < -0.4 is 5.32 Å². The molecule has 0 saturated heterocycles.